The first-order valence-corrected chi connectivity index (χ1v) is 5.58. The highest BCUT2D eigenvalue weighted by atomic mass is 16.5. The standard InChI is InChI=1S/C13H18O/c1-2-3-9-14-13-10-12(13)11-7-5-4-6-8-11/h4-8,12-13H,2-3,9-10H2,1H3/t12-,13-/m1/s1. The molecule has 0 unspecified atom stereocenters. The lowest BCUT2D eigenvalue weighted by Crippen LogP contribution is -1.98. The minimum atomic E-state index is 0.504. The second-order valence-electron chi connectivity index (χ2n) is 4.02. The second-order valence-corrected chi connectivity index (χ2v) is 4.02. The summed E-state index contributed by atoms with van der Waals surface area (Å²) in [6, 6.07) is 10.7. The molecular formula is C13H18O. The van der Waals surface area contributed by atoms with Gasteiger partial charge in [0.1, 0.15) is 0 Å². The maximum Gasteiger partial charge on any atom is 0.0651 e. The molecule has 1 aliphatic carbocycles. The number of ether oxygens (including phenoxy) is 1. The summed E-state index contributed by atoms with van der Waals surface area (Å²) in [6.45, 7) is 3.13. The third-order valence-electron chi connectivity index (χ3n) is 2.79. The van der Waals surface area contributed by atoms with Crippen molar-refractivity contribution in [1.29, 1.82) is 0 Å². The Kier molecular flexibility index (Phi) is 3.20. The first-order chi connectivity index (χ1) is 6.92. The lowest BCUT2D eigenvalue weighted by Gasteiger charge is -2.02. The van der Waals surface area contributed by atoms with Crippen molar-refractivity contribution in [2.45, 2.75) is 38.2 Å². The molecule has 0 amide bonds. The van der Waals surface area contributed by atoms with Crippen molar-refractivity contribution in [3.05, 3.63) is 35.9 Å². The van der Waals surface area contributed by atoms with Crippen LogP contribution in [0.15, 0.2) is 30.3 Å². The molecule has 1 aromatic carbocycles. The molecule has 0 N–H and O–H groups in total. The maximum absolute atomic E-state index is 5.76. The van der Waals surface area contributed by atoms with Gasteiger partial charge in [-0.05, 0) is 18.4 Å². The predicted octanol–water partition coefficient (Wildman–Crippen LogP) is 3.36. The van der Waals surface area contributed by atoms with Gasteiger partial charge in [0.05, 0.1) is 6.10 Å². The Hall–Kier alpha value is -0.820. The molecule has 1 aliphatic rings. The fourth-order valence-electron chi connectivity index (χ4n) is 1.79. The van der Waals surface area contributed by atoms with Crippen molar-refractivity contribution in [2.75, 3.05) is 6.61 Å². The van der Waals surface area contributed by atoms with Crippen LogP contribution in [0.1, 0.15) is 37.7 Å². The number of unbranched alkanes of at least 4 members (excludes halogenated alkanes) is 1. The van der Waals surface area contributed by atoms with Crippen molar-refractivity contribution in [3.8, 4) is 0 Å². The SMILES string of the molecule is CCCCO[C@@H]1C[C@@H]1c1ccccc1. The van der Waals surface area contributed by atoms with E-state index in [0.29, 0.717) is 12.0 Å². The average molecular weight is 190 g/mol. The van der Waals surface area contributed by atoms with E-state index < -0.39 is 0 Å². The summed E-state index contributed by atoms with van der Waals surface area (Å²) in [5.74, 6) is 0.674. The fraction of sp³-hybridized carbons (Fsp3) is 0.538. The maximum atomic E-state index is 5.76. The molecule has 1 aromatic rings. The Bertz CT molecular complexity index is 268. The highest BCUT2D eigenvalue weighted by Gasteiger charge is 2.38. The zero-order chi connectivity index (χ0) is 9.80. The second kappa shape index (κ2) is 4.61. The third kappa shape index (κ3) is 2.36. The fourth-order valence-corrected chi connectivity index (χ4v) is 1.79. The van der Waals surface area contributed by atoms with Crippen molar-refractivity contribution in [2.24, 2.45) is 0 Å². The molecule has 2 rings (SSSR count). The molecule has 0 radical (unpaired) electrons. The van der Waals surface area contributed by atoms with Gasteiger partial charge in [0.2, 0.25) is 0 Å². The number of benzene rings is 1. The van der Waals surface area contributed by atoms with Crippen LogP contribution in [-0.4, -0.2) is 12.7 Å². The molecule has 0 bridgehead atoms. The molecule has 0 aliphatic heterocycles. The van der Waals surface area contributed by atoms with E-state index in [0.717, 1.165) is 6.61 Å². The monoisotopic (exact) mass is 190 g/mol. The summed E-state index contributed by atoms with van der Waals surface area (Å²) < 4.78 is 5.76. The predicted molar refractivity (Wildman–Crippen MR) is 58.4 cm³/mol. The van der Waals surface area contributed by atoms with Crippen LogP contribution in [-0.2, 0) is 4.74 Å². The van der Waals surface area contributed by atoms with E-state index in [2.05, 4.69) is 37.3 Å². The Morgan fingerprint density at radius 2 is 2.07 bits per heavy atom. The Morgan fingerprint density at radius 1 is 1.29 bits per heavy atom. The third-order valence-corrected chi connectivity index (χ3v) is 2.79. The van der Waals surface area contributed by atoms with E-state index in [4.69, 9.17) is 4.74 Å². The van der Waals surface area contributed by atoms with Crippen LogP contribution in [0.5, 0.6) is 0 Å². The summed E-state index contributed by atoms with van der Waals surface area (Å²) in [6.07, 6.45) is 4.14. The van der Waals surface area contributed by atoms with E-state index in [1.807, 2.05) is 0 Å². The molecule has 2 atom stereocenters. The van der Waals surface area contributed by atoms with Crippen molar-refractivity contribution in [1.82, 2.24) is 0 Å². The van der Waals surface area contributed by atoms with Crippen molar-refractivity contribution >= 4 is 0 Å². The quantitative estimate of drug-likeness (QED) is 0.647. The molecule has 0 aromatic heterocycles. The molecule has 0 saturated heterocycles. The summed E-state index contributed by atoms with van der Waals surface area (Å²) in [4.78, 5) is 0. The summed E-state index contributed by atoms with van der Waals surface area (Å²) in [5.41, 5.74) is 1.44. The molecular weight excluding hydrogens is 172 g/mol. The number of hydrogen-bond donors (Lipinski definition) is 0. The van der Waals surface area contributed by atoms with Crippen molar-refractivity contribution in [3.63, 3.8) is 0 Å². The molecule has 1 heteroatoms. The van der Waals surface area contributed by atoms with Gasteiger partial charge < -0.3 is 4.74 Å². The van der Waals surface area contributed by atoms with Gasteiger partial charge in [0.15, 0.2) is 0 Å². The van der Waals surface area contributed by atoms with Gasteiger partial charge >= 0.3 is 0 Å². The van der Waals surface area contributed by atoms with Crippen LogP contribution >= 0.6 is 0 Å². The largest absolute Gasteiger partial charge is 0.378 e. The molecule has 0 spiro atoms. The van der Waals surface area contributed by atoms with Crippen LogP contribution < -0.4 is 0 Å². The first-order valence-electron chi connectivity index (χ1n) is 5.58. The highest BCUT2D eigenvalue weighted by molar-refractivity contribution is 5.26. The van der Waals surface area contributed by atoms with Crippen LogP contribution in [0.4, 0.5) is 0 Å². The molecule has 1 fully saturated rings. The van der Waals surface area contributed by atoms with E-state index in [1.54, 1.807) is 0 Å². The summed E-state index contributed by atoms with van der Waals surface area (Å²) in [7, 11) is 0. The van der Waals surface area contributed by atoms with Gasteiger partial charge in [-0.15, -0.1) is 0 Å². The molecule has 0 heterocycles. The lowest BCUT2D eigenvalue weighted by atomic mass is 10.1. The smallest absolute Gasteiger partial charge is 0.0651 e. The summed E-state index contributed by atoms with van der Waals surface area (Å²) in [5, 5.41) is 0. The zero-order valence-corrected chi connectivity index (χ0v) is 8.78. The molecule has 1 nitrogen and oxygen atoms in total. The minimum Gasteiger partial charge on any atom is -0.378 e. The lowest BCUT2D eigenvalue weighted by molar-refractivity contribution is 0.113. The van der Waals surface area contributed by atoms with E-state index in [1.165, 1.54) is 24.8 Å². The van der Waals surface area contributed by atoms with Gasteiger partial charge in [0.25, 0.3) is 0 Å². The van der Waals surface area contributed by atoms with Crippen molar-refractivity contribution < 1.29 is 4.74 Å². The van der Waals surface area contributed by atoms with Gasteiger partial charge in [-0.1, -0.05) is 43.7 Å². The van der Waals surface area contributed by atoms with Crippen LogP contribution in [0.25, 0.3) is 0 Å². The van der Waals surface area contributed by atoms with E-state index in [-0.39, 0.29) is 0 Å². The Balaban J connectivity index is 1.76. The Morgan fingerprint density at radius 3 is 2.79 bits per heavy atom. The van der Waals surface area contributed by atoms with Crippen LogP contribution in [0.3, 0.4) is 0 Å². The Labute approximate surface area is 86.1 Å². The minimum absolute atomic E-state index is 0.504. The average Bonchev–Trinajstić information content (AvgIpc) is 2.99. The van der Waals surface area contributed by atoms with E-state index >= 15 is 0 Å². The van der Waals surface area contributed by atoms with Gasteiger partial charge in [0, 0.05) is 12.5 Å². The first kappa shape index (κ1) is 9.72. The molecule has 76 valence electrons. The number of rotatable bonds is 5. The van der Waals surface area contributed by atoms with Crippen LogP contribution in [0.2, 0.25) is 0 Å². The number of hydrogen-bond acceptors (Lipinski definition) is 1. The molecule has 1 saturated carbocycles. The normalized spacial score (nSPS) is 24.9. The highest BCUT2D eigenvalue weighted by Crippen LogP contribution is 2.43. The van der Waals surface area contributed by atoms with Crippen LogP contribution in [0, 0.1) is 0 Å². The van der Waals surface area contributed by atoms with Gasteiger partial charge in [-0.2, -0.15) is 0 Å². The van der Waals surface area contributed by atoms with Gasteiger partial charge in [-0.25, -0.2) is 0 Å². The zero-order valence-electron chi connectivity index (χ0n) is 8.78. The van der Waals surface area contributed by atoms with E-state index in [9.17, 15) is 0 Å². The molecule has 14 heavy (non-hydrogen) atoms. The topological polar surface area (TPSA) is 9.23 Å². The summed E-state index contributed by atoms with van der Waals surface area (Å²) >= 11 is 0. The van der Waals surface area contributed by atoms with Gasteiger partial charge in [-0.3, -0.25) is 0 Å².